The molecule has 2 aliphatic rings. The van der Waals surface area contributed by atoms with Gasteiger partial charge in [-0.15, -0.1) is 23.2 Å². The van der Waals surface area contributed by atoms with E-state index in [2.05, 4.69) is 13.8 Å². The molecule has 2 saturated carbocycles. The molecule has 0 aliphatic heterocycles. The molecule has 0 amide bonds. The molecular formula is C10H16Cl2. The Hall–Kier alpha value is 0.580. The summed E-state index contributed by atoms with van der Waals surface area (Å²) in [6.45, 7) is 4.59. The van der Waals surface area contributed by atoms with Crippen LogP contribution in [0.4, 0.5) is 0 Å². The quantitative estimate of drug-likeness (QED) is 0.575. The average molecular weight is 207 g/mol. The number of hydrogen-bond donors (Lipinski definition) is 0. The SMILES string of the molecule is CC1(C)C2CCC(CCl)(C2)C1Cl. The highest BCUT2D eigenvalue weighted by Crippen LogP contribution is 2.64. The lowest BCUT2D eigenvalue weighted by Crippen LogP contribution is -2.38. The van der Waals surface area contributed by atoms with Crippen molar-refractivity contribution in [3.05, 3.63) is 0 Å². The monoisotopic (exact) mass is 206 g/mol. The smallest absolute Gasteiger partial charge is 0.0457 e. The fraction of sp³-hybridized carbons (Fsp3) is 1.00. The Morgan fingerprint density at radius 2 is 2.08 bits per heavy atom. The van der Waals surface area contributed by atoms with Crippen LogP contribution in [0.3, 0.4) is 0 Å². The first-order valence-corrected chi connectivity index (χ1v) is 5.70. The molecule has 2 rings (SSSR count). The summed E-state index contributed by atoms with van der Waals surface area (Å²) < 4.78 is 0. The predicted molar refractivity (Wildman–Crippen MR) is 53.9 cm³/mol. The largest absolute Gasteiger partial charge is 0.126 e. The van der Waals surface area contributed by atoms with E-state index in [1.165, 1.54) is 19.3 Å². The molecule has 70 valence electrons. The molecule has 0 radical (unpaired) electrons. The lowest BCUT2D eigenvalue weighted by molar-refractivity contribution is 0.192. The Balaban J connectivity index is 2.32. The lowest BCUT2D eigenvalue weighted by Gasteiger charge is -2.39. The Morgan fingerprint density at radius 1 is 1.42 bits per heavy atom. The third-order valence-electron chi connectivity index (χ3n) is 4.15. The maximum absolute atomic E-state index is 6.47. The molecule has 0 spiro atoms. The van der Waals surface area contributed by atoms with Gasteiger partial charge in [-0.1, -0.05) is 13.8 Å². The van der Waals surface area contributed by atoms with E-state index in [-0.39, 0.29) is 5.41 Å². The zero-order valence-corrected chi connectivity index (χ0v) is 9.25. The first kappa shape index (κ1) is 9.15. The number of hydrogen-bond acceptors (Lipinski definition) is 0. The van der Waals surface area contributed by atoms with E-state index in [1.807, 2.05) is 0 Å². The highest BCUT2D eigenvalue weighted by atomic mass is 35.5. The maximum atomic E-state index is 6.47. The first-order valence-electron chi connectivity index (χ1n) is 4.73. The molecule has 0 heterocycles. The fourth-order valence-corrected chi connectivity index (χ4v) is 4.14. The van der Waals surface area contributed by atoms with Gasteiger partial charge in [-0.25, -0.2) is 0 Å². The van der Waals surface area contributed by atoms with Crippen molar-refractivity contribution >= 4 is 23.2 Å². The van der Waals surface area contributed by atoms with Crippen LogP contribution in [-0.4, -0.2) is 11.3 Å². The van der Waals surface area contributed by atoms with Gasteiger partial charge in [0, 0.05) is 16.7 Å². The molecule has 3 unspecified atom stereocenters. The van der Waals surface area contributed by atoms with Crippen LogP contribution in [0.1, 0.15) is 33.1 Å². The van der Waals surface area contributed by atoms with E-state index in [4.69, 9.17) is 23.2 Å². The molecule has 2 bridgehead atoms. The molecule has 0 aromatic carbocycles. The standard InChI is InChI=1S/C10H16Cl2/c1-9(2)7-3-4-10(5-7,6-11)8(9)12/h7-8H,3-6H2,1-2H3. The normalized spacial score (nSPS) is 50.0. The van der Waals surface area contributed by atoms with Crippen LogP contribution in [0.15, 0.2) is 0 Å². The summed E-state index contributed by atoms with van der Waals surface area (Å²) in [5.74, 6) is 1.57. The Kier molecular flexibility index (Phi) is 1.94. The van der Waals surface area contributed by atoms with Crippen LogP contribution >= 0.6 is 23.2 Å². The van der Waals surface area contributed by atoms with Crippen molar-refractivity contribution < 1.29 is 0 Å². The fourth-order valence-electron chi connectivity index (χ4n) is 3.21. The number of halogens is 2. The highest BCUT2D eigenvalue weighted by Gasteiger charge is 2.60. The molecule has 0 N–H and O–H groups in total. The van der Waals surface area contributed by atoms with Crippen molar-refractivity contribution in [1.82, 2.24) is 0 Å². The third kappa shape index (κ3) is 0.915. The van der Waals surface area contributed by atoms with Crippen LogP contribution < -0.4 is 0 Å². The molecule has 2 fully saturated rings. The van der Waals surface area contributed by atoms with Crippen LogP contribution in [0.5, 0.6) is 0 Å². The number of rotatable bonds is 1. The van der Waals surface area contributed by atoms with Crippen LogP contribution in [0.25, 0.3) is 0 Å². The first-order chi connectivity index (χ1) is 5.53. The predicted octanol–water partition coefficient (Wildman–Crippen LogP) is 3.66. The minimum absolute atomic E-state index is 0.275. The summed E-state index contributed by atoms with van der Waals surface area (Å²) in [4.78, 5) is 0. The van der Waals surface area contributed by atoms with Gasteiger partial charge in [-0.3, -0.25) is 0 Å². The van der Waals surface area contributed by atoms with Crippen molar-refractivity contribution in [2.45, 2.75) is 38.5 Å². The zero-order valence-electron chi connectivity index (χ0n) is 7.74. The molecule has 3 atom stereocenters. The van der Waals surface area contributed by atoms with E-state index >= 15 is 0 Å². The Labute approximate surface area is 84.6 Å². The molecule has 12 heavy (non-hydrogen) atoms. The maximum Gasteiger partial charge on any atom is 0.0457 e. The van der Waals surface area contributed by atoms with Gasteiger partial charge in [0.25, 0.3) is 0 Å². The molecular weight excluding hydrogens is 191 g/mol. The van der Waals surface area contributed by atoms with Crippen LogP contribution in [0, 0.1) is 16.7 Å². The summed E-state index contributed by atoms with van der Waals surface area (Å²) in [6.07, 6.45) is 3.85. The van der Waals surface area contributed by atoms with Gasteiger partial charge in [0.15, 0.2) is 0 Å². The summed E-state index contributed by atoms with van der Waals surface area (Å²) in [5, 5.41) is 0.293. The molecule has 2 heteroatoms. The van der Waals surface area contributed by atoms with Gasteiger partial charge >= 0.3 is 0 Å². The zero-order chi connectivity index (χ0) is 8.98. The summed E-state index contributed by atoms with van der Waals surface area (Å²) >= 11 is 12.5. The van der Waals surface area contributed by atoms with E-state index in [0.717, 1.165) is 11.8 Å². The second kappa shape index (κ2) is 2.54. The van der Waals surface area contributed by atoms with E-state index in [9.17, 15) is 0 Å². The number of fused-ring (bicyclic) bond motifs is 2. The van der Waals surface area contributed by atoms with Gasteiger partial charge in [-0.2, -0.15) is 0 Å². The molecule has 0 saturated heterocycles. The van der Waals surface area contributed by atoms with E-state index < -0.39 is 0 Å². The molecule has 0 aromatic rings. The lowest BCUT2D eigenvalue weighted by atomic mass is 9.72. The minimum Gasteiger partial charge on any atom is -0.126 e. The Bertz CT molecular complexity index is 200. The van der Waals surface area contributed by atoms with Crippen molar-refractivity contribution in [2.75, 3.05) is 5.88 Å². The van der Waals surface area contributed by atoms with Crippen LogP contribution in [0.2, 0.25) is 0 Å². The van der Waals surface area contributed by atoms with Crippen molar-refractivity contribution in [1.29, 1.82) is 0 Å². The van der Waals surface area contributed by atoms with Crippen LogP contribution in [-0.2, 0) is 0 Å². The minimum atomic E-state index is 0.275. The van der Waals surface area contributed by atoms with Crippen molar-refractivity contribution in [2.24, 2.45) is 16.7 Å². The van der Waals surface area contributed by atoms with E-state index in [1.54, 1.807) is 0 Å². The van der Waals surface area contributed by atoms with Gasteiger partial charge in [0.05, 0.1) is 0 Å². The van der Waals surface area contributed by atoms with Gasteiger partial charge in [0.2, 0.25) is 0 Å². The summed E-state index contributed by atoms with van der Waals surface area (Å²) in [7, 11) is 0. The second-order valence-corrected chi connectivity index (χ2v) is 5.82. The second-order valence-electron chi connectivity index (χ2n) is 5.12. The highest BCUT2D eigenvalue weighted by molar-refractivity contribution is 6.24. The van der Waals surface area contributed by atoms with Crippen molar-refractivity contribution in [3.63, 3.8) is 0 Å². The van der Waals surface area contributed by atoms with Crippen molar-refractivity contribution in [3.8, 4) is 0 Å². The summed E-state index contributed by atoms with van der Waals surface area (Å²) in [6, 6.07) is 0. The van der Waals surface area contributed by atoms with Gasteiger partial charge in [-0.05, 0) is 30.6 Å². The molecule has 2 aliphatic carbocycles. The summed E-state index contributed by atoms with van der Waals surface area (Å²) in [5.41, 5.74) is 0.589. The van der Waals surface area contributed by atoms with Gasteiger partial charge < -0.3 is 0 Å². The number of alkyl halides is 2. The average Bonchev–Trinajstić information content (AvgIpc) is 2.53. The third-order valence-corrected chi connectivity index (χ3v) is 5.71. The van der Waals surface area contributed by atoms with Gasteiger partial charge in [0.1, 0.15) is 0 Å². The molecule has 0 aromatic heterocycles. The topological polar surface area (TPSA) is 0 Å². The molecule has 0 nitrogen and oxygen atoms in total. The van der Waals surface area contributed by atoms with E-state index in [0.29, 0.717) is 10.8 Å². The Morgan fingerprint density at radius 3 is 2.42 bits per heavy atom.